The molecule has 0 saturated heterocycles. The number of amides is 1. The molecular weight excluding hydrogens is 384 g/mol. The highest BCUT2D eigenvalue weighted by Gasteiger charge is 2.27. The van der Waals surface area contributed by atoms with Gasteiger partial charge in [-0.15, -0.1) is 0 Å². The molecule has 150 valence electrons. The Kier molecular flexibility index (Phi) is 6.03. The minimum atomic E-state index is -3.90. The number of sulfonamides is 1. The molecule has 0 spiro atoms. The zero-order chi connectivity index (χ0) is 21.0. The molecule has 6 heteroatoms. The van der Waals surface area contributed by atoms with Crippen LogP contribution in [0.2, 0.25) is 0 Å². The highest BCUT2D eigenvalue weighted by Crippen LogP contribution is 2.24. The van der Waals surface area contributed by atoms with Gasteiger partial charge in [0.25, 0.3) is 10.0 Å². The van der Waals surface area contributed by atoms with Gasteiger partial charge in [-0.1, -0.05) is 42.0 Å². The summed E-state index contributed by atoms with van der Waals surface area (Å²) in [6.45, 7) is 5.46. The Morgan fingerprint density at radius 2 is 1.41 bits per heavy atom. The van der Waals surface area contributed by atoms with Crippen molar-refractivity contribution in [1.29, 1.82) is 0 Å². The minimum absolute atomic E-state index is 0.145. The number of hydrogen-bond donors (Lipinski definition) is 1. The summed E-state index contributed by atoms with van der Waals surface area (Å²) in [5, 5.41) is 2.81. The highest BCUT2D eigenvalue weighted by atomic mass is 32.2. The van der Waals surface area contributed by atoms with Crippen LogP contribution >= 0.6 is 0 Å². The van der Waals surface area contributed by atoms with Gasteiger partial charge in [0.1, 0.15) is 6.54 Å². The van der Waals surface area contributed by atoms with Crippen molar-refractivity contribution in [3.05, 3.63) is 89.5 Å². The van der Waals surface area contributed by atoms with Crippen LogP contribution in [0.5, 0.6) is 0 Å². The number of aryl methyl sites for hydroxylation is 3. The number of carbonyl (C=O) groups excluding carboxylic acids is 1. The molecule has 0 aliphatic heterocycles. The third-order valence-corrected chi connectivity index (χ3v) is 6.23. The van der Waals surface area contributed by atoms with Gasteiger partial charge >= 0.3 is 0 Å². The van der Waals surface area contributed by atoms with Gasteiger partial charge in [0.05, 0.1) is 10.6 Å². The van der Waals surface area contributed by atoms with Crippen molar-refractivity contribution >= 4 is 27.3 Å². The van der Waals surface area contributed by atoms with Crippen molar-refractivity contribution in [3.63, 3.8) is 0 Å². The summed E-state index contributed by atoms with van der Waals surface area (Å²) in [5.74, 6) is -0.408. The molecule has 3 rings (SSSR count). The first-order chi connectivity index (χ1) is 13.8. The smallest absolute Gasteiger partial charge is 0.264 e. The van der Waals surface area contributed by atoms with E-state index in [4.69, 9.17) is 0 Å². The summed E-state index contributed by atoms with van der Waals surface area (Å²) in [6, 6.07) is 21.0. The summed E-state index contributed by atoms with van der Waals surface area (Å²) in [4.78, 5) is 12.9. The van der Waals surface area contributed by atoms with Crippen LogP contribution in [0.4, 0.5) is 11.4 Å². The lowest BCUT2D eigenvalue weighted by atomic mass is 10.1. The third kappa shape index (κ3) is 5.03. The van der Waals surface area contributed by atoms with Gasteiger partial charge in [0, 0.05) is 5.69 Å². The zero-order valence-electron chi connectivity index (χ0n) is 16.7. The van der Waals surface area contributed by atoms with Gasteiger partial charge in [0.15, 0.2) is 0 Å². The van der Waals surface area contributed by atoms with E-state index in [0.717, 1.165) is 21.0 Å². The van der Waals surface area contributed by atoms with E-state index in [2.05, 4.69) is 5.32 Å². The fourth-order valence-corrected chi connectivity index (χ4v) is 4.55. The summed E-state index contributed by atoms with van der Waals surface area (Å²) in [5.41, 5.74) is 4.08. The molecule has 5 nitrogen and oxygen atoms in total. The first-order valence-electron chi connectivity index (χ1n) is 9.28. The Labute approximate surface area is 172 Å². The van der Waals surface area contributed by atoms with E-state index >= 15 is 0 Å². The number of para-hydroxylation sites is 1. The number of carbonyl (C=O) groups is 1. The predicted molar refractivity (Wildman–Crippen MR) is 117 cm³/mol. The van der Waals surface area contributed by atoms with Crippen molar-refractivity contribution in [2.75, 3.05) is 16.2 Å². The molecule has 0 bridgehead atoms. The third-order valence-electron chi connectivity index (χ3n) is 4.45. The predicted octanol–water partition coefficient (Wildman–Crippen LogP) is 4.45. The Morgan fingerprint density at radius 1 is 0.828 bits per heavy atom. The molecule has 0 aliphatic carbocycles. The summed E-state index contributed by atoms with van der Waals surface area (Å²) in [7, 11) is -3.90. The molecule has 0 aliphatic rings. The second-order valence-corrected chi connectivity index (χ2v) is 8.95. The Balaban J connectivity index is 1.92. The Hall–Kier alpha value is -3.12. The largest absolute Gasteiger partial charge is 0.324 e. The summed E-state index contributed by atoms with van der Waals surface area (Å²) < 4.78 is 27.7. The molecule has 3 aromatic rings. The standard InChI is InChI=1S/C23H24N2O3S/c1-17-9-11-22(12-10-17)29(27,28)25(21-7-5-4-6-8-21)16-23(26)24-20-14-18(2)13-19(3)15-20/h4-15H,16H2,1-3H3,(H,24,26). The van der Waals surface area contributed by atoms with Crippen LogP contribution in [-0.4, -0.2) is 20.9 Å². The molecule has 0 aromatic heterocycles. The molecule has 1 amide bonds. The molecule has 3 aromatic carbocycles. The lowest BCUT2D eigenvalue weighted by Gasteiger charge is -2.24. The number of hydrogen-bond acceptors (Lipinski definition) is 3. The average molecular weight is 409 g/mol. The number of nitrogens with one attached hydrogen (secondary N) is 1. The minimum Gasteiger partial charge on any atom is -0.324 e. The second kappa shape index (κ2) is 8.49. The topological polar surface area (TPSA) is 66.5 Å². The van der Waals surface area contributed by atoms with E-state index in [0.29, 0.717) is 11.4 Å². The van der Waals surface area contributed by atoms with Gasteiger partial charge < -0.3 is 5.32 Å². The van der Waals surface area contributed by atoms with Crippen LogP contribution in [-0.2, 0) is 14.8 Å². The van der Waals surface area contributed by atoms with Gasteiger partial charge in [-0.05, 0) is 68.3 Å². The first kappa shape index (κ1) is 20.6. The van der Waals surface area contributed by atoms with Gasteiger partial charge in [0.2, 0.25) is 5.91 Å². The van der Waals surface area contributed by atoms with Crippen LogP contribution in [0, 0.1) is 20.8 Å². The molecule has 0 radical (unpaired) electrons. The van der Waals surface area contributed by atoms with Gasteiger partial charge in [-0.2, -0.15) is 0 Å². The van der Waals surface area contributed by atoms with E-state index in [9.17, 15) is 13.2 Å². The lowest BCUT2D eigenvalue weighted by Crippen LogP contribution is -2.38. The quantitative estimate of drug-likeness (QED) is 0.655. The fourth-order valence-electron chi connectivity index (χ4n) is 3.12. The molecule has 0 heterocycles. The van der Waals surface area contributed by atoms with Crippen molar-refractivity contribution in [1.82, 2.24) is 0 Å². The fraction of sp³-hybridized carbons (Fsp3) is 0.174. The molecular formula is C23H24N2O3S. The lowest BCUT2D eigenvalue weighted by molar-refractivity contribution is -0.114. The molecule has 1 N–H and O–H groups in total. The molecule has 0 fully saturated rings. The summed E-state index contributed by atoms with van der Waals surface area (Å²) >= 11 is 0. The van der Waals surface area contributed by atoms with E-state index in [1.165, 1.54) is 0 Å². The van der Waals surface area contributed by atoms with E-state index < -0.39 is 15.9 Å². The van der Waals surface area contributed by atoms with Gasteiger partial charge in [-0.3, -0.25) is 9.10 Å². The molecule has 0 atom stereocenters. The molecule has 0 saturated carbocycles. The maximum Gasteiger partial charge on any atom is 0.264 e. The average Bonchev–Trinajstić information content (AvgIpc) is 2.66. The number of anilines is 2. The number of benzene rings is 3. The van der Waals surface area contributed by atoms with E-state index in [-0.39, 0.29) is 11.4 Å². The maximum absolute atomic E-state index is 13.3. The zero-order valence-corrected chi connectivity index (χ0v) is 17.5. The van der Waals surface area contributed by atoms with E-state index in [1.54, 1.807) is 54.6 Å². The normalized spacial score (nSPS) is 11.1. The second-order valence-electron chi connectivity index (χ2n) is 7.08. The first-order valence-corrected chi connectivity index (χ1v) is 10.7. The van der Waals surface area contributed by atoms with Crippen molar-refractivity contribution in [3.8, 4) is 0 Å². The van der Waals surface area contributed by atoms with Crippen LogP contribution in [0.25, 0.3) is 0 Å². The van der Waals surface area contributed by atoms with Crippen LogP contribution in [0.3, 0.4) is 0 Å². The van der Waals surface area contributed by atoms with Crippen LogP contribution in [0.1, 0.15) is 16.7 Å². The van der Waals surface area contributed by atoms with Crippen molar-refractivity contribution in [2.24, 2.45) is 0 Å². The Morgan fingerprint density at radius 3 is 2.00 bits per heavy atom. The van der Waals surface area contributed by atoms with Crippen LogP contribution < -0.4 is 9.62 Å². The van der Waals surface area contributed by atoms with Crippen molar-refractivity contribution < 1.29 is 13.2 Å². The maximum atomic E-state index is 13.3. The molecule has 29 heavy (non-hydrogen) atoms. The van der Waals surface area contributed by atoms with Gasteiger partial charge in [-0.25, -0.2) is 8.42 Å². The molecule has 0 unspecified atom stereocenters. The monoisotopic (exact) mass is 408 g/mol. The van der Waals surface area contributed by atoms with E-state index in [1.807, 2.05) is 39.0 Å². The highest BCUT2D eigenvalue weighted by molar-refractivity contribution is 7.92. The van der Waals surface area contributed by atoms with Crippen molar-refractivity contribution in [2.45, 2.75) is 25.7 Å². The van der Waals surface area contributed by atoms with Crippen LogP contribution in [0.15, 0.2) is 77.7 Å². The number of nitrogens with zero attached hydrogens (tertiary/aromatic N) is 1. The number of rotatable bonds is 6. The summed E-state index contributed by atoms with van der Waals surface area (Å²) in [6.07, 6.45) is 0. The Bertz CT molecular complexity index is 1090. The SMILES string of the molecule is Cc1ccc(S(=O)(=O)N(CC(=O)Nc2cc(C)cc(C)c2)c2ccccc2)cc1.